The van der Waals surface area contributed by atoms with Crippen LogP contribution in [0.25, 0.3) is 0 Å². The number of hydrogen-bond acceptors (Lipinski definition) is 1. The standard InChI is InChI=1S/C9H17N/c1-6-9(4)10(5)7-8(2)3/h6,8H,1,4,7H2,2-3,5H3. The van der Waals surface area contributed by atoms with Crippen LogP contribution in [0.1, 0.15) is 13.8 Å². The molecule has 0 radical (unpaired) electrons. The van der Waals surface area contributed by atoms with Crippen molar-refractivity contribution in [2.24, 2.45) is 5.92 Å². The lowest BCUT2D eigenvalue weighted by molar-refractivity contribution is 0.372. The Morgan fingerprint density at radius 1 is 1.60 bits per heavy atom. The van der Waals surface area contributed by atoms with Crippen molar-refractivity contribution < 1.29 is 0 Å². The van der Waals surface area contributed by atoms with E-state index in [1.54, 1.807) is 6.08 Å². The first kappa shape index (κ1) is 9.28. The molecule has 0 spiro atoms. The van der Waals surface area contributed by atoms with Gasteiger partial charge in [-0.2, -0.15) is 0 Å². The summed E-state index contributed by atoms with van der Waals surface area (Å²) in [4.78, 5) is 2.11. The summed E-state index contributed by atoms with van der Waals surface area (Å²) >= 11 is 0. The second kappa shape index (κ2) is 4.15. The molecule has 0 N–H and O–H groups in total. The Morgan fingerprint density at radius 2 is 2.10 bits per heavy atom. The highest BCUT2D eigenvalue weighted by Gasteiger charge is 1.99. The van der Waals surface area contributed by atoms with Crippen molar-refractivity contribution in [1.29, 1.82) is 0 Å². The van der Waals surface area contributed by atoms with Crippen molar-refractivity contribution in [2.45, 2.75) is 13.8 Å². The van der Waals surface area contributed by atoms with Gasteiger partial charge in [0.1, 0.15) is 0 Å². The Balaban J connectivity index is 3.72. The van der Waals surface area contributed by atoms with Crippen LogP contribution in [0.3, 0.4) is 0 Å². The molecule has 0 bridgehead atoms. The molecule has 0 fully saturated rings. The van der Waals surface area contributed by atoms with Gasteiger partial charge in [0.2, 0.25) is 0 Å². The van der Waals surface area contributed by atoms with E-state index in [-0.39, 0.29) is 0 Å². The van der Waals surface area contributed by atoms with Gasteiger partial charge in [-0.15, -0.1) is 0 Å². The maximum atomic E-state index is 3.83. The Labute approximate surface area is 64.0 Å². The lowest BCUT2D eigenvalue weighted by Gasteiger charge is -2.20. The molecule has 0 aromatic rings. The highest BCUT2D eigenvalue weighted by molar-refractivity contribution is 5.08. The summed E-state index contributed by atoms with van der Waals surface area (Å²) in [5.74, 6) is 0.682. The Kier molecular flexibility index (Phi) is 3.85. The fourth-order valence-corrected chi connectivity index (χ4v) is 0.821. The van der Waals surface area contributed by atoms with Crippen molar-refractivity contribution in [1.82, 2.24) is 4.90 Å². The first-order valence-electron chi connectivity index (χ1n) is 3.60. The van der Waals surface area contributed by atoms with E-state index in [1.807, 2.05) is 7.05 Å². The molecule has 0 atom stereocenters. The topological polar surface area (TPSA) is 3.24 Å². The molecule has 58 valence electrons. The molecule has 0 heterocycles. The number of likely N-dealkylation sites (N-methyl/N-ethyl adjacent to an activating group) is 1. The summed E-state index contributed by atoms with van der Waals surface area (Å²) in [5.41, 5.74) is 0.994. The molecule has 10 heavy (non-hydrogen) atoms. The number of hydrogen-bond donors (Lipinski definition) is 0. The maximum absolute atomic E-state index is 3.83. The van der Waals surface area contributed by atoms with E-state index < -0.39 is 0 Å². The minimum Gasteiger partial charge on any atom is -0.375 e. The van der Waals surface area contributed by atoms with Gasteiger partial charge in [0.15, 0.2) is 0 Å². The Bertz CT molecular complexity index is 125. The average molecular weight is 139 g/mol. The van der Waals surface area contributed by atoms with E-state index in [0.29, 0.717) is 5.92 Å². The second-order valence-electron chi connectivity index (χ2n) is 2.97. The van der Waals surface area contributed by atoms with Crippen LogP contribution in [0.2, 0.25) is 0 Å². The van der Waals surface area contributed by atoms with E-state index in [2.05, 4.69) is 31.9 Å². The van der Waals surface area contributed by atoms with Gasteiger partial charge in [-0.25, -0.2) is 0 Å². The molecule has 0 saturated carbocycles. The highest BCUT2D eigenvalue weighted by atomic mass is 15.1. The monoisotopic (exact) mass is 139 g/mol. The van der Waals surface area contributed by atoms with E-state index in [1.165, 1.54) is 0 Å². The van der Waals surface area contributed by atoms with Crippen LogP contribution in [-0.4, -0.2) is 18.5 Å². The predicted octanol–water partition coefficient (Wildman–Crippen LogP) is 2.27. The van der Waals surface area contributed by atoms with Crippen LogP contribution in [0, 0.1) is 5.92 Å². The van der Waals surface area contributed by atoms with E-state index in [9.17, 15) is 0 Å². The van der Waals surface area contributed by atoms with Gasteiger partial charge in [-0.05, 0) is 12.0 Å². The van der Waals surface area contributed by atoms with Crippen LogP contribution >= 0.6 is 0 Å². The molecule has 0 aromatic heterocycles. The smallest absolute Gasteiger partial charge is 0.0284 e. The van der Waals surface area contributed by atoms with Gasteiger partial charge in [-0.3, -0.25) is 0 Å². The molecular formula is C9H17N. The van der Waals surface area contributed by atoms with Crippen molar-refractivity contribution in [3.05, 3.63) is 24.9 Å². The van der Waals surface area contributed by atoms with E-state index in [4.69, 9.17) is 0 Å². The van der Waals surface area contributed by atoms with Crippen molar-refractivity contribution in [2.75, 3.05) is 13.6 Å². The number of rotatable bonds is 4. The summed E-state index contributed by atoms with van der Waals surface area (Å²) in [6, 6.07) is 0. The van der Waals surface area contributed by atoms with Crippen LogP contribution in [0.4, 0.5) is 0 Å². The highest BCUT2D eigenvalue weighted by Crippen LogP contribution is 2.02. The largest absolute Gasteiger partial charge is 0.375 e. The lowest BCUT2D eigenvalue weighted by Crippen LogP contribution is -2.20. The molecule has 0 aliphatic carbocycles. The van der Waals surface area contributed by atoms with Crippen LogP contribution < -0.4 is 0 Å². The SMILES string of the molecule is C=CC(=C)N(C)CC(C)C. The zero-order chi connectivity index (χ0) is 8.15. The third-order valence-corrected chi connectivity index (χ3v) is 1.36. The fraction of sp³-hybridized carbons (Fsp3) is 0.556. The molecule has 0 saturated heterocycles. The molecule has 0 aromatic carbocycles. The first-order chi connectivity index (χ1) is 4.57. The normalized spacial score (nSPS) is 9.60. The predicted molar refractivity (Wildman–Crippen MR) is 46.8 cm³/mol. The maximum Gasteiger partial charge on any atom is 0.0284 e. The fourth-order valence-electron chi connectivity index (χ4n) is 0.821. The average Bonchev–Trinajstić information content (AvgIpc) is 1.85. The lowest BCUT2D eigenvalue weighted by atomic mass is 10.2. The number of nitrogens with zero attached hydrogens (tertiary/aromatic N) is 1. The molecule has 0 unspecified atom stereocenters. The zero-order valence-electron chi connectivity index (χ0n) is 7.22. The quantitative estimate of drug-likeness (QED) is 0.540. The van der Waals surface area contributed by atoms with Crippen LogP contribution in [-0.2, 0) is 0 Å². The summed E-state index contributed by atoms with van der Waals surface area (Å²) in [6.07, 6.45) is 1.78. The Morgan fingerprint density at radius 3 is 2.40 bits per heavy atom. The van der Waals surface area contributed by atoms with E-state index >= 15 is 0 Å². The van der Waals surface area contributed by atoms with Crippen molar-refractivity contribution in [3.63, 3.8) is 0 Å². The Hall–Kier alpha value is -0.720. The number of allylic oxidation sites excluding steroid dienone is 1. The molecule has 0 aliphatic rings. The molecular weight excluding hydrogens is 122 g/mol. The molecule has 1 heteroatoms. The first-order valence-corrected chi connectivity index (χ1v) is 3.60. The minimum absolute atomic E-state index is 0.682. The van der Waals surface area contributed by atoms with Gasteiger partial charge in [0, 0.05) is 19.3 Å². The minimum atomic E-state index is 0.682. The second-order valence-corrected chi connectivity index (χ2v) is 2.97. The van der Waals surface area contributed by atoms with Gasteiger partial charge >= 0.3 is 0 Å². The third-order valence-electron chi connectivity index (χ3n) is 1.36. The van der Waals surface area contributed by atoms with Gasteiger partial charge in [0.25, 0.3) is 0 Å². The third kappa shape index (κ3) is 3.33. The molecule has 0 rings (SSSR count). The van der Waals surface area contributed by atoms with Gasteiger partial charge < -0.3 is 4.90 Å². The molecule has 0 aliphatic heterocycles. The van der Waals surface area contributed by atoms with Crippen LogP contribution in [0.15, 0.2) is 24.9 Å². The summed E-state index contributed by atoms with van der Waals surface area (Å²) < 4.78 is 0. The van der Waals surface area contributed by atoms with Crippen LogP contribution in [0.5, 0.6) is 0 Å². The molecule has 0 amide bonds. The van der Waals surface area contributed by atoms with E-state index in [0.717, 1.165) is 12.2 Å². The summed E-state index contributed by atoms with van der Waals surface area (Å²) in [5, 5.41) is 0. The van der Waals surface area contributed by atoms with Gasteiger partial charge in [-0.1, -0.05) is 27.0 Å². The van der Waals surface area contributed by atoms with Crippen molar-refractivity contribution in [3.8, 4) is 0 Å². The van der Waals surface area contributed by atoms with Gasteiger partial charge in [0.05, 0.1) is 0 Å². The zero-order valence-corrected chi connectivity index (χ0v) is 7.22. The molecule has 1 nitrogen and oxygen atoms in total. The summed E-state index contributed by atoms with van der Waals surface area (Å²) in [6.45, 7) is 12.9. The van der Waals surface area contributed by atoms with Crippen molar-refractivity contribution >= 4 is 0 Å². The summed E-state index contributed by atoms with van der Waals surface area (Å²) in [7, 11) is 2.03.